The van der Waals surface area contributed by atoms with Gasteiger partial charge in [-0.1, -0.05) is 44.2 Å². The van der Waals surface area contributed by atoms with Crippen molar-refractivity contribution in [2.24, 2.45) is 5.92 Å². The standard InChI is InChI=1S/C24H23NO2S/c1-15(2)14-25-18-10-8-16-9-11-19(24(26)27-3)23(20(16)13-18)22-12-17-6-4-5-7-21(17)28-22/h4-13,15,25H,14H2,1-3H3. The van der Waals surface area contributed by atoms with Crippen LogP contribution in [0.5, 0.6) is 0 Å². The molecule has 1 N–H and O–H groups in total. The van der Waals surface area contributed by atoms with Crippen LogP contribution in [0.25, 0.3) is 31.3 Å². The van der Waals surface area contributed by atoms with E-state index in [2.05, 4.69) is 55.6 Å². The SMILES string of the molecule is COC(=O)c1ccc2ccc(NCC(C)C)cc2c1-c1cc2ccccc2s1. The lowest BCUT2D eigenvalue weighted by Crippen LogP contribution is -2.08. The first kappa shape index (κ1) is 18.5. The molecule has 0 saturated heterocycles. The molecule has 4 heteroatoms. The second-order valence-corrected chi connectivity index (χ2v) is 8.42. The largest absolute Gasteiger partial charge is 0.465 e. The van der Waals surface area contributed by atoms with Crippen molar-refractivity contribution in [1.29, 1.82) is 0 Å². The van der Waals surface area contributed by atoms with E-state index in [1.54, 1.807) is 11.3 Å². The Morgan fingerprint density at radius 2 is 1.82 bits per heavy atom. The van der Waals surface area contributed by atoms with Gasteiger partial charge in [0.15, 0.2) is 0 Å². The Labute approximate surface area is 169 Å². The van der Waals surface area contributed by atoms with Crippen molar-refractivity contribution in [2.75, 3.05) is 19.0 Å². The zero-order valence-electron chi connectivity index (χ0n) is 16.3. The number of benzene rings is 3. The van der Waals surface area contributed by atoms with E-state index in [4.69, 9.17) is 4.74 Å². The lowest BCUT2D eigenvalue weighted by Gasteiger charge is -2.14. The highest BCUT2D eigenvalue weighted by Gasteiger charge is 2.18. The average molecular weight is 390 g/mol. The summed E-state index contributed by atoms with van der Waals surface area (Å²) in [4.78, 5) is 13.6. The summed E-state index contributed by atoms with van der Waals surface area (Å²) in [5.41, 5.74) is 2.60. The Morgan fingerprint density at radius 1 is 1.04 bits per heavy atom. The molecule has 142 valence electrons. The second kappa shape index (κ2) is 7.64. The molecule has 1 heterocycles. The molecule has 0 saturated carbocycles. The van der Waals surface area contributed by atoms with E-state index < -0.39 is 0 Å². The number of esters is 1. The molecule has 0 radical (unpaired) electrons. The van der Waals surface area contributed by atoms with Gasteiger partial charge in [-0.05, 0) is 52.4 Å². The summed E-state index contributed by atoms with van der Waals surface area (Å²) in [5.74, 6) is 0.245. The number of thiophene rings is 1. The molecule has 0 amide bonds. The monoisotopic (exact) mass is 389 g/mol. The van der Waals surface area contributed by atoms with Crippen molar-refractivity contribution in [1.82, 2.24) is 0 Å². The van der Waals surface area contributed by atoms with E-state index >= 15 is 0 Å². The molecule has 4 aromatic rings. The summed E-state index contributed by atoms with van der Waals surface area (Å²) in [6.45, 7) is 5.28. The van der Waals surface area contributed by atoms with E-state index in [9.17, 15) is 4.79 Å². The Bertz CT molecular complexity index is 1130. The van der Waals surface area contributed by atoms with Crippen LogP contribution in [0.1, 0.15) is 24.2 Å². The molecule has 3 nitrogen and oxygen atoms in total. The predicted octanol–water partition coefficient (Wildman–Crippen LogP) is 6.58. The lowest BCUT2D eigenvalue weighted by atomic mass is 9.96. The minimum atomic E-state index is -0.310. The van der Waals surface area contributed by atoms with Crippen LogP contribution in [-0.4, -0.2) is 19.6 Å². The van der Waals surface area contributed by atoms with Gasteiger partial charge in [0, 0.05) is 27.4 Å². The Kier molecular flexibility index (Phi) is 5.05. The summed E-state index contributed by atoms with van der Waals surface area (Å²) in [6, 6.07) is 20.7. The number of rotatable bonds is 5. The van der Waals surface area contributed by atoms with Gasteiger partial charge < -0.3 is 10.1 Å². The number of anilines is 1. The quantitative estimate of drug-likeness (QED) is 0.392. The van der Waals surface area contributed by atoms with Crippen molar-refractivity contribution in [3.8, 4) is 10.4 Å². The number of methoxy groups -OCH3 is 1. The van der Waals surface area contributed by atoms with Gasteiger partial charge >= 0.3 is 5.97 Å². The third-order valence-corrected chi connectivity index (χ3v) is 5.95. The summed E-state index contributed by atoms with van der Waals surface area (Å²) in [5, 5.41) is 6.84. The molecule has 28 heavy (non-hydrogen) atoms. The van der Waals surface area contributed by atoms with Crippen LogP contribution < -0.4 is 5.32 Å². The molecule has 0 aliphatic carbocycles. The number of fused-ring (bicyclic) bond motifs is 2. The zero-order chi connectivity index (χ0) is 19.7. The van der Waals surface area contributed by atoms with Gasteiger partial charge in [0.1, 0.15) is 0 Å². The topological polar surface area (TPSA) is 38.3 Å². The number of hydrogen-bond donors (Lipinski definition) is 1. The Balaban J connectivity index is 1.95. The summed E-state index contributed by atoms with van der Waals surface area (Å²) < 4.78 is 6.29. The maximum atomic E-state index is 12.5. The van der Waals surface area contributed by atoms with Crippen LogP contribution in [0.2, 0.25) is 0 Å². The molecule has 0 atom stereocenters. The van der Waals surface area contributed by atoms with Gasteiger partial charge in [-0.3, -0.25) is 0 Å². The first-order chi connectivity index (χ1) is 13.6. The van der Waals surface area contributed by atoms with Crippen molar-refractivity contribution >= 4 is 43.9 Å². The second-order valence-electron chi connectivity index (χ2n) is 7.34. The molecule has 0 aliphatic heterocycles. The van der Waals surface area contributed by atoms with Crippen LogP contribution in [-0.2, 0) is 4.74 Å². The van der Waals surface area contributed by atoms with Crippen molar-refractivity contribution in [3.05, 3.63) is 66.2 Å². The van der Waals surface area contributed by atoms with Gasteiger partial charge in [0.05, 0.1) is 12.7 Å². The average Bonchev–Trinajstić information content (AvgIpc) is 3.14. The van der Waals surface area contributed by atoms with Crippen LogP contribution in [0.15, 0.2) is 60.7 Å². The van der Waals surface area contributed by atoms with E-state index in [0.29, 0.717) is 11.5 Å². The van der Waals surface area contributed by atoms with E-state index in [0.717, 1.165) is 33.4 Å². The molecule has 0 bridgehead atoms. The zero-order valence-corrected chi connectivity index (χ0v) is 17.1. The molecular weight excluding hydrogens is 366 g/mol. The fraction of sp³-hybridized carbons (Fsp3) is 0.208. The molecule has 4 rings (SSSR count). The molecular formula is C24H23NO2S. The Morgan fingerprint density at radius 3 is 2.57 bits per heavy atom. The fourth-order valence-electron chi connectivity index (χ4n) is 3.40. The van der Waals surface area contributed by atoms with Gasteiger partial charge in [0.2, 0.25) is 0 Å². The van der Waals surface area contributed by atoms with E-state index in [1.807, 2.05) is 24.3 Å². The first-order valence-corrected chi connectivity index (χ1v) is 10.3. The third kappa shape index (κ3) is 3.48. The number of carbonyl (C=O) groups is 1. The number of carbonyl (C=O) groups excluding carboxylic acids is 1. The molecule has 0 fully saturated rings. The summed E-state index contributed by atoms with van der Waals surface area (Å²) >= 11 is 1.70. The highest BCUT2D eigenvalue weighted by molar-refractivity contribution is 7.22. The lowest BCUT2D eigenvalue weighted by molar-refractivity contribution is 0.0602. The molecule has 0 aliphatic rings. The predicted molar refractivity (Wildman–Crippen MR) is 119 cm³/mol. The van der Waals surface area contributed by atoms with Crippen molar-refractivity contribution in [2.45, 2.75) is 13.8 Å². The fourth-order valence-corrected chi connectivity index (χ4v) is 4.54. The highest BCUT2D eigenvalue weighted by atomic mass is 32.1. The van der Waals surface area contributed by atoms with E-state index in [-0.39, 0.29) is 5.97 Å². The van der Waals surface area contributed by atoms with Gasteiger partial charge in [-0.15, -0.1) is 11.3 Å². The minimum Gasteiger partial charge on any atom is -0.465 e. The molecule has 1 aromatic heterocycles. The van der Waals surface area contributed by atoms with Gasteiger partial charge in [-0.25, -0.2) is 4.79 Å². The molecule has 3 aromatic carbocycles. The normalized spacial score (nSPS) is 11.3. The van der Waals surface area contributed by atoms with Gasteiger partial charge in [-0.2, -0.15) is 0 Å². The van der Waals surface area contributed by atoms with Crippen molar-refractivity contribution < 1.29 is 9.53 Å². The van der Waals surface area contributed by atoms with Crippen LogP contribution >= 0.6 is 11.3 Å². The van der Waals surface area contributed by atoms with Crippen LogP contribution in [0, 0.1) is 5.92 Å². The molecule has 0 unspecified atom stereocenters. The maximum Gasteiger partial charge on any atom is 0.338 e. The summed E-state index contributed by atoms with van der Waals surface area (Å²) in [7, 11) is 1.43. The van der Waals surface area contributed by atoms with Crippen LogP contribution in [0.4, 0.5) is 5.69 Å². The Hall–Kier alpha value is -2.85. The highest BCUT2D eigenvalue weighted by Crippen LogP contribution is 2.40. The number of nitrogens with one attached hydrogen (secondary N) is 1. The summed E-state index contributed by atoms with van der Waals surface area (Å²) in [6.07, 6.45) is 0. The smallest absolute Gasteiger partial charge is 0.338 e. The first-order valence-electron chi connectivity index (χ1n) is 9.44. The minimum absolute atomic E-state index is 0.310. The van der Waals surface area contributed by atoms with Gasteiger partial charge in [0.25, 0.3) is 0 Å². The maximum absolute atomic E-state index is 12.5. The number of ether oxygens (including phenoxy) is 1. The van der Waals surface area contributed by atoms with Crippen molar-refractivity contribution in [3.63, 3.8) is 0 Å². The molecule has 0 spiro atoms. The van der Waals surface area contributed by atoms with Crippen LogP contribution in [0.3, 0.4) is 0 Å². The number of hydrogen-bond acceptors (Lipinski definition) is 4. The van der Waals surface area contributed by atoms with E-state index in [1.165, 1.54) is 17.2 Å². The third-order valence-electron chi connectivity index (χ3n) is 4.81.